The number of aryl methyl sites for hydroxylation is 1. The fraction of sp³-hybridized carbons (Fsp3) is 0.765. The lowest BCUT2D eigenvalue weighted by Crippen LogP contribution is -2.61. The Hall–Kier alpha value is -0.900. The number of hydrogen-bond acceptors (Lipinski definition) is 3. The lowest BCUT2D eigenvalue weighted by Gasteiger charge is -2.60. The van der Waals surface area contributed by atoms with E-state index in [1.807, 2.05) is 12.3 Å². The van der Waals surface area contributed by atoms with E-state index in [4.69, 9.17) is 0 Å². The quantitative estimate of drug-likeness (QED) is 0.849. The van der Waals surface area contributed by atoms with Gasteiger partial charge in [-0.2, -0.15) is 0 Å². The fourth-order valence-corrected chi connectivity index (χ4v) is 6.28. The van der Waals surface area contributed by atoms with Gasteiger partial charge in [-0.3, -0.25) is 4.79 Å². The van der Waals surface area contributed by atoms with Gasteiger partial charge < -0.3 is 4.90 Å². The van der Waals surface area contributed by atoms with Gasteiger partial charge in [0.2, 0.25) is 0 Å². The maximum Gasteiger partial charge on any atom is 0.273 e. The van der Waals surface area contributed by atoms with Crippen LogP contribution in [0.1, 0.15) is 60.9 Å². The summed E-state index contributed by atoms with van der Waals surface area (Å²) in [6.45, 7) is 4.93. The first-order valence-corrected chi connectivity index (χ1v) is 9.21. The molecular formula is C17H24N2OS. The molecule has 0 saturated heterocycles. The monoisotopic (exact) mass is 304 g/mol. The molecule has 1 heterocycles. The molecule has 0 atom stereocenters. The topological polar surface area (TPSA) is 33.2 Å². The summed E-state index contributed by atoms with van der Waals surface area (Å²) in [6.07, 6.45) is 7.97. The van der Waals surface area contributed by atoms with Gasteiger partial charge in [0.25, 0.3) is 5.91 Å². The Labute approximate surface area is 130 Å². The molecule has 4 aliphatic rings. The highest BCUT2D eigenvalue weighted by atomic mass is 32.1. The minimum Gasteiger partial charge on any atom is -0.332 e. The first kappa shape index (κ1) is 13.7. The Kier molecular flexibility index (Phi) is 3.14. The van der Waals surface area contributed by atoms with Crippen LogP contribution in [0.15, 0.2) is 5.38 Å². The fourth-order valence-electron chi connectivity index (χ4n) is 5.69. The Morgan fingerprint density at radius 1 is 1.29 bits per heavy atom. The average molecular weight is 304 g/mol. The minimum atomic E-state index is 0.151. The van der Waals surface area contributed by atoms with Gasteiger partial charge in [0.15, 0.2) is 0 Å². The van der Waals surface area contributed by atoms with Crippen LogP contribution in [0, 0.1) is 24.7 Å². The Morgan fingerprint density at radius 3 is 2.29 bits per heavy atom. The Morgan fingerprint density at radius 2 is 1.86 bits per heavy atom. The van der Waals surface area contributed by atoms with Crippen LogP contribution in [0.25, 0.3) is 0 Å². The van der Waals surface area contributed by atoms with E-state index in [0.29, 0.717) is 5.69 Å². The van der Waals surface area contributed by atoms with E-state index < -0.39 is 0 Å². The summed E-state index contributed by atoms with van der Waals surface area (Å²) in [7, 11) is 0. The van der Waals surface area contributed by atoms with Crippen molar-refractivity contribution in [3.63, 3.8) is 0 Å². The number of rotatable bonds is 3. The molecule has 0 aromatic carbocycles. The Balaban J connectivity index is 1.65. The van der Waals surface area contributed by atoms with Crippen LogP contribution in [0.2, 0.25) is 0 Å². The van der Waals surface area contributed by atoms with Gasteiger partial charge in [0.1, 0.15) is 5.69 Å². The van der Waals surface area contributed by atoms with Crippen LogP contribution in [-0.4, -0.2) is 27.9 Å². The van der Waals surface area contributed by atoms with E-state index in [2.05, 4.69) is 16.8 Å². The molecule has 0 radical (unpaired) electrons. The van der Waals surface area contributed by atoms with Gasteiger partial charge in [-0.1, -0.05) is 0 Å². The number of hydrogen-bond donors (Lipinski definition) is 0. The predicted octanol–water partition coefficient (Wildman–Crippen LogP) is 3.88. The molecule has 4 saturated carbocycles. The number of thiazole rings is 1. The highest BCUT2D eigenvalue weighted by molar-refractivity contribution is 7.09. The second-order valence-corrected chi connectivity index (χ2v) is 8.51. The third kappa shape index (κ3) is 2.14. The molecule has 4 fully saturated rings. The van der Waals surface area contributed by atoms with Gasteiger partial charge in [-0.05, 0) is 70.1 Å². The Bertz CT molecular complexity index is 530. The molecule has 1 aromatic heterocycles. The van der Waals surface area contributed by atoms with E-state index in [0.717, 1.165) is 29.3 Å². The molecule has 3 nitrogen and oxygen atoms in total. The first-order valence-electron chi connectivity index (χ1n) is 8.34. The number of carbonyl (C=O) groups is 1. The van der Waals surface area contributed by atoms with Crippen LogP contribution >= 0.6 is 11.3 Å². The van der Waals surface area contributed by atoms with Crippen LogP contribution in [0.3, 0.4) is 0 Å². The molecule has 0 aliphatic heterocycles. The second kappa shape index (κ2) is 4.80. The summed E-state index contributed by atoms with van der Waals surface area (Å²) in [5.41, 5.74) is 0.813. The van der Waals surface area contributed by atoms with Gasteiger partial charge in [-0.25, -0.2) is 4.98 Å². The summed E-state index contributed by atoms with van der Waals surface area (Å²) >= 11 is 1.58. The van der Waals surface area contributed by atoms with Crippen LogP contribution in [0.5, 0.6) is 0 Å². The normalized spacial score (nSPS) is 37.0. The van der Waals surface area contributed by atoms with E-state index in [1.54, 1.807) is 11.3 Å². The molecule has 5 rings (SSSR count). The standard InChI is InChI=1S/C17H24N2OS/c1-3-19(16(20)15-10-21-11(2)18-15)17-7-12-4-13(8-17)6-14(5-12)9-17/h10,12-14H,3-9H2,1-2H3. The van der Waals surface area contributed by atoms with Crippen molar-refractivity contribution in [2.24, 2.45) is 17.8 Å². The lowest BCUT2D eigenvalue weighted by molar-refractivity contribution is -0.0732. The van der Waals surface area contributed by atoms with Crippen LogP contribution < -0.4 is 0 Å². The van der Waals surface area contributed by atoms with Crippen molar-refractivity contribution in [1.82, 2.24) is 9.88 Å². The van der Waals surface area contributed by atoms with Crippen molar-refractivity contribution in [2.45, 2.75) is 57.9 Å². The smallest absolute Gasteiger partial charge is 0.273 e. The highest BCUT2D eigenvalue weighted by Gasteiger charge is 2.54. The molecule has 1 amide bonds. The van der Waals surface area contributed by atoms with E-state index >= 15 is 0 Å². The average Bonchev–Trinajstić information content (AvgIpc) is 2.84. The van der Waals surface area contributed by atoms with Crippen LogP contribution in [0.4, 0.5) is 0 Å². The van der Waals surface area contributed by atoms with Crippen molar-refractivity contribution >= 4 is 17.2 Å². The second-order valence-electron chi connectivity index (χ2n) is 7.44. The number of nitrogens with zero attached hydrogens (tertiary/aromatic N) is 2. The van der Waals surface area contributed by atoms with E-state index in [9.17, 15) is 4.79 Å². The maximum atomic E-state index is 13.0. The van der Waals surface area contributed by atoms with Crippen molar-refractivity contribution < 1.29 is 4.79 Å². The number of amides is 1. The van der Waals surface area contributed by atoms with Crippen LogP contribution in [-0.2, 0) is 0 Å². The van der Waals surface area contributed by atoms with E-state index in [1.165, 1.54) is 38.5 Å². The molecule has 4 bridgehead atoms. The first-order chi connectivity index (χ1) is 10.1. The number of carbonyl (C=O) groups excluding carboxylic acids is 1. The predicted molar refractivity (Wildman–Crippen MR) is 84.5 cm³/mol. The molecule has 0 unspecified atom stereocenters. The molecule has 0 spiro atoms. The summed E-state index contributed by atoms with van der Waals surface area (Å²) in [5.74, 6) is 2.78. The molecule has 114 valence electrons. The minimum absolute atomic E-state index is 0.151. The van der Waals surface area contributed by atoms with Crippen molar-refractivity contribution in [2.75, 3.05) is 6.54 Å². The molecule has 4 aliphatic carbocycles. The van der Waals surface area contributed by atoms with Crippen molar-refractivity contribution in [1.29, 1.82) is 0 Å². The summed E-state index contributed by atoms with van der Waals surface area (Å²) < 4.78 is 0. The molecule has 1 aromatic rings. The zero-order valence-electron chi connectivity index (χ0n) is 13.0. The molecule has 0 N–H and O–H groups in total. The van der Waals surface area contributed by atoms with Crippen molar-refractivity contribution in [3.05, 3.63) is 16.1 Å². The maximum absolute atomic E-state index is 13.0. The molecule has 4 heteroatoms. The van der Waals surface area contributed by atoms with Gasteiger partial charge in [0.05, 0.1) is 5.01 Å². The lowest BCUT2D eigenvalue weighted by atomic mass is 9.52. The van der Waals surface area contributed by atoms with Gasteiger partial charge in [-0.15, -0.1) is 11.3 Å². The van der Waals surface area contributed by atoms with Crippen molar-refractivity contribution in [3.8, 4) is 0 Å². The van der Waals surface area contributed by atoms with E-state index in [-0.39, 0.29) is 11.4 Å². The number of aromatic nitrogens is 1. The zero-order chi connectivity index (χ0) is 14.6. The molecule has 21 heavy (non-hydrogen) atoms. The summed E-state index contributed by atoms with van der Waals surface area (Å²) in [6, 6.07) is 0. The summed E-state index contributed by atoms with van der Waals surface area (Å²) in [4.78, 5) is 19.6. The molecular weight excluding hydrogens is 280 g/mol. The largest absolute Gasteiger partial charge is 0.332 e. The SMILES string of the molecule is CCN(C(=O)c1csc(C)n1)C12CC3CC(CC(C3)C1)C2. The highest BCUT2D eigenvalue weighted by Crippen LogP contribution is 2.57. The zero-order valence-corrected chi connectivity index (χ0v) is 13.8. The van der Waals surface area contributed by atoms with Gasteiger partial charge in [0, 0.05) is 17.5 Å². The third-order valence-electron chi connectivity index (χ3n) is 5.98. The summed E-state index contributed by atoms with van der Waals surface area (Å²) in [5, 5.41) is 2.92. The van der Waals surface area contributed by atoms with Gasteiger partial charge >= 0.3 is 0 Å². The third-order valence-corrected chi connectivity index (χ3v) is 6.75.